The van der Waals surface area contributed by atoms with E-state index in [4.69, 9.17) is 23.2 Å². The van der Waals surface area contributed by atoms with Crippen molar-refractivity contribution in [3.8, 4) is 11.3 Å². The lowest BCUT2D eigenvalue weighted by Crippen LogP contribution is -2.49. The van der Waals surface area contributed by atoms with Gasteiger partial charge in [0.25, 0.3) is 5.91 Å². The van der Waals surface area contributed by atoms with Gasteiger partial charge in [0, 0.05) is 17.7 Å². The smallest absolute Gasteiger partial charge is 0.255 e. The molecule has 0 saturated heterocycles. The summed E-state index contributed by atoms with van der Waals surface area (Å²) in [5.74, 6) is -1.35. The average Bonchev–Trinajstić information content (AvgIpc) is 3.11. The molecule has 2 atom stereocenters. The lowest BCUT2D eigenvalue weighted by atomic mass is 10.0. The van der Waals surface area contributed by atoms with Gasteiger partial charge in [-0.3, -0.25) is 9.59 Å². The molecule has 0 aliphatic carbocycles. The molecule has 1 aliphatic heterocycles. The largest absolute Gasteiger partial charge is 0.394 e. The number of hydrogen-bond acceptors (Lipinski definition) is 5. The fourth-order valence-corrected chi connectivity index (χ4v) is 4.33. The zero-order chi connectivity index (χ0) is 24.6. The zero-order valence-electron chi connectivity index (χ0n) is 18.3. The van der Waals surface area contributed by atoms with Crippen LogP contribution in [0.4, 0.5) is 4.39 Å². The maximum Gasteiger partial charge on any atom is 0.255 e. The number of aryl methyl sites for hydroxylation is 1. The van der Waals surface area contributed by atoms with Crippen LogP contribution < -0.4 is 5.32 Å². The van der Waals surface area contributed by atoms with Crippen LogP contribution >= 0.6 is 23.2 Å². The first-order chi connectivity index (χ1) is 16.2. The molecule has 7 nitrogen and oxygen atoms in total. The maximum absolute atomic E-state index is 13.8. The number of aliphatic hydroxyl groups is 1. The Morgan fingerprint density at radius 2 is 2.03 bits per heavy atom. The predicted molar refractivity (Wildman–Crippen MR) is 126 cm³/mol. The molecular formula is C24H21Cl2FN4O3. The summed E-state index contributed by atoms with van der Waals surface area (Å²) in [4.78, 5) is 35.4. The zero-order valence-corrected chi connectivity index (χ0v) is 19.9. The van der Waals surface area contributed by atoms with Crippen molar-refractivity contribution >= 4 is 35.0 Å². The number of hydrogen-bond donors (Lipinski definition) is 2. The SMILES string of the molecule is Cc1cc(F)cc([C@@H](C)NC(=O)[C@@H](CO)N2Cc3ccc(-c4nc(Cl)ncc4Cl)cc3C2=O)c1. The Morgan fingerprint density at radius 3 is 2.74 bits per heavy atom. The number of aliphatic hydroxyl groups excluding tert-OH is 1. The van der Waals surface area contributed by atoms with Crippen LogP contribution in [0.25, 0.3) is 11.3 Å². The number of carbonyl (C=O) groups is 2. The first kappa shape index (κ1) is 24.1. The summed E-state index contributed by atoms with van der Waals surface area (Å²) in [5, 5.41) is 13.0. The molecule has 2 amide bonds. The van der Waals surface area contributed by atoms with Gasteiger partial charge in [0.2, 0.25) is 11.2 Å². The number of rotatable bonds is 6. The Kier molecular flexibility index (Phi) is 6.84. The Morgan fingerprint density at radius 1 is 1.26 bits per heavy atom. The Labute approximate surface area is 205 Å². The van der Waals surface area contributed by atoms with Gasteiger partial charge >= 0.3 is 0 Å². The fourth-order valence-electron chi connectivity index (χ4n) is 4.00. The van der Waals surface area contributed by atoms with Crippen LogP contribution in [-0.2, 0) is 11.3 Å². The predicted octanol–water partition coefficient (Wildman–Crippen LogP) is 4.09. The number of benzene rings is 2. The molecule has 0 saturated carbocycles. The van der Waals surface area contributed by atoms with E-state index in [0.717, 1.165) is 5.56 Å². The van der Waals surface area contributed by atoms with E-state index in [2.05, 4.69) is 15.3 Å². The van der Waals surface area contributed by atoms with Crippen LogP contribution in [-0.4, -0.2) is 44.4 Å². The molecule has 2 aromatic carbocycles. The molecule has 34 heavy (non-hydrogen) atoms. The second-order valence-corrected chi connectivity index (χ2v) is 8.88. The molecule has 3 aromatic rings. The highest BCUT2D eigenvalue weighted by molar-refractivity contribution is 6.33. The minimum atomic E-state index is -1.11. The first-order valence-corrected chi connectivity index (χ1v) is 11.2. The lowest BCUT2D eigenvalue weighted by Gasteiger charge is -2.27. The second kappa shape index (κ2) is 9.66. The molecule has 2 N–H and O–H groups in total. The van der Waals surface area contributed by atoms with Crippen LogP contribution in [0.5, 0.6) is 0 Å². The molecule has 1 aromatic heterocycles. The van der Waals surface area contributed by atoms with Gasteiger partial charge in [-0.05, 0) is 60.3 Å². The van der Waals surface area contributed by atoms with Crippen LogP contribution in [0.15, 0.2) is 42.6 Å². The monoisotopic (exact) mass is 502 g/mol. The summed E-state index contributed by atoms with van der Waals surface area (Å²) in [7, 11) is 0. The minimum Gasteiger partial charge on any atom is -0.394 e. The molecule has 0 bridgehead atoms. The normalized spacial score (nSPS) is 14.6. The third-order valence-corrected chi connectivity index (χ3v) is 6.16. The first-order valence-electron chi connectivity index (χ1n) is 10.5. The van der Waals surface area contributed by atoms with Gasteiger partial charge in [-0.1, -0.05) is 29.8 Å². The third kappa shape index (κ3) is 4.75. The molecule has 4 rings (SSSR count). The van der Waals surface area contributed by atoms with Crippen molar-refractivity contribution in [3.05, 3.63) is 81.0 Å². The highest BCUT2D eigenvalue weighted by atomic mass is 35.5. The standard InChI is InChI=1S/C24H21Cl2FN4O3/c1-12-5-16(7-17(27)6-12)13(2)29-22(33)20(11-32)31-10-15-4-3-14(8-18(15)23(31)34)21-19(25)9-28-24(26)30-21/h3-9,13,20,32H,10-11H2,1-2H3,(H,29,33)/t13-,20-/m1/s1. The van der Waals surface area contributed by atoms with Crippen molar-refractivity contribution < 1.29 is 19.1 Å². The van der Waals surface area contributed by atoms with Gasteiger partial charge in [-0.15, -0.1) is 0 Å². The van der Waals surface area contributed by atoms with Crippen LogP contribution in [0.1, 0.15) is 40.0 Å². The average molecular weight is 503 g/mol. The number of carbonyl (C=O) groups excluding carboxylic acids is 2. The van der Waals surface area contributed by atoms with Gasteiger partial charge in [0.1, 0.15) is 11.9 Å². The molecule has 0 unspecified atom stereocenters. The van der Waals surface area contributed by atoms with Gasteiger partial charge in [0.15, 0.2) is 0 Å². The number of nitrogens with one attached hydrogen (secondary N) is 1. The minimum absolute atomic E-state index is 0.0208. The number of amides is 2. The van der Waals surface area contributed by atoms with Crippen molar-refractivity contribution in [1.29, 1.82) is 0 Å². The third-order valence-electron chi connectivity index (χ3n) is 5.70. The van der Waals surface area contributed by atoms with E-state index in [1.807, 2.05) is 0 Å². The highest BCUT2D eigenvalue weighted by Gasteiger charge is 2.36. The summed E-state index contributed by atoms with van der Waals surface area (Å²) in [5.41, 5.74) is 3.34. The van der Waals surface area contributed by atoms with E-state index in [-0.39, 0.29) is 16.9 Å². The van der Waals surface area contributed by atoms with Gasteiger partial charge < -0.3 is 15.3 Å². The van der Waals surface area contributed by atoms with Crippen molar-refractivity contribution in [2.45, 2.75) is 32.5 Å². The van der Waals surface area contributed by atoms with Crippen LogP contribution in [0.2, 0.25) is 10.3 Å². The summed E-state index contributed by atoms with van der Waals surface area (Å²) < 4.78 is 13.8. The molecule has 0 spiro atoms. The molecule has 10 heteroatoms. The number of fused-ring (bicyclic) bond motifs is 1. The lowest BCUT2D eigenvalue weighted by molar-refractivity contribution is -0.127. The van der Waals surface area contributed by atoms with Crippen molar-refractivity contribution in [2.75, 3.05) is 6.61 Å². The van der Waals surface area contributed by atoms with E-state index in [1.54, 1.807) is 38.1 Å². The van der Waals surface area contributed by atoms with Crippen LogP contribution in [0, 0.1) is 12.7 Å². The van der Waals surface area contributed by atoms with Crippen molar-refractivity contribution in [2.24, 2.45) is 0 Å². The van der Waals surface area contributed by atoms with E-state index in [1.165, 1.54) is 23.2 Å². The van der Waals surface area contributed by atoms with E-state index in [0.29, 0.717) is 27.9 Å². The molecule has 1 aliphatic rings. The Balaban J connectivity index is 1.55. The van der Waals surface area contributed by atoms with E-state index < -0.39 is 36.3 Å². The Bertz CT molecular complexity index is 1270. The van der Waals surface area contributed by atoms with Gasteiger partial charge in [-0.2, -0.15) is 0 Å². The highest BCUT2D eigenvalue weighted by Crippen LogP contribution is 2.32. The Hall–Kier alpha value is -3.07. The maximum atomic E-state index is 13.8. The van der Waals surface area contributed by atoms with Gasteiger partial charge in [0.05, 0.1) is 29.6 Å². The van der Waals surface area contributed by atoms with E-state index in [9.17, 15) is 19.1 Å². The molecule has 176 valence electrons. The summed E-state index contributed by atoms with van der Waals surface area (Å²) in [6.07, 6.45) is 1.38. The summed E-state index contributed by atoms with van der Waals surface area (Å²) >= 11 is 12.1. The van der Waals surface area contributed by atoms with Crippen molar-refractivity contribution in [3.63, 3.8) is 0 Å². The van der Waals surface area contributed by atoms with Crippen molar-refractivity contribution in [1.82, 2.24) is 20.2 Å². The summed E-state index contributed by atoms with van der Waals surface area (Å²) in [6.45, 7) is 3.05. The second-order valence-electron chi connectivity index (χ2n) is 8.13. The number of aromatic nitrogens is 2. The summed E-state index contributed by atoms with van der Waals surface area (Å²) in [6, 6.07) is 8.00. The topological polar surface area (TPSA) is 95.4 Å². The number of halogens is 3. The van der Waals surface area contributed by atoms with Crippen LogP contribution in [0.3, 0.4) is 0 Å². The molecular weight excluding hydrogens is 482 g/mol. The van der Waals surface area contributed by atoms with Gasteiger partial charge in [-0.25, -0.2) is 14.4 Å². The molecule has 0 fully saturated rings. The fraction of sp³-hybridized carbons (Fsp3) is 0.250. The molecule has 2 heterocycles. The quantitative estimate of drug-likeness (QED) is 0.495. The molecule has 0 radical (unpaired) electrons. The van der Waals surface area contributed by atoms with E-state index >= 15 is 0 Å². The number of nitrogens with zero attached hydrogens (tertiary/aromatic N) is 3.